The third kappa shape index (κ3) is 4.45. The Hall–Kier alpha value is -1.76. The molecule has 0 saturated carbocycles. The minimum atomic E-state index is -0.0993. The largest absolute Gasteiger partial charge is 0.296 e. The van der Waals surface area contributed by atoms with E-state index >= 15 is 0 Å². The summed E-state index contributed by atoms with van der Waals surface area (Å²) in [5.41, 5.74) is 2.58. The Morgan fingerprint density at radius 2 is 1.88 bits per heavy atom. The molecule has 3 aromatic rings. The van der Waals surface area contributed by atoms with Crippen molar-refractivity contribution in [1.82, 2.24) is 14.5 Å². The summed E-state index contributed by atoms with van der Waals surface area (Å²) < 4.78 is 5.50. The molecule has 0 radical (unpaired) electrons. The Kier molecular flexibility index (Phi) is 5.83. The van der Waals surface area contributed by atoms with E-state index in [1.165, 1.54) is 11.9 Å². The molecule has 0 aliphatic carbocycles. The molecule has 1 heterocycles. The van der Waals surface area contributed by atoms with E-state index in [4.69, 9.17) is 11.6 Å². The molecule has 0 unspecified atom stereocenters. The van der Waals surface area contributed by atoms with Gasteiger partial charge >= 0.3 is 0 Å². The van der Waals surface area contributed by atoms with Gasteiger partial charge in [0.05, 0.1) is 28.0 Å². The molecule has 0 bridgehead atoms. The lowest BCUT2D eigenvalue weighted by molar-refractivity contribution is -0.118. The van der Waals surface area contributed by atoms with Crippen LogP contribution in [0.4, 0.5) is 0 Å². The van der Waals surface area contributed by atoms with E-state index in [0.717, 1.165) is 26.4 Å². The molecule has 4 nitrogen and oxygen atoms in total. The van der Waals surface area contributed by atoms with Crippen molar-refractivity contribution in [2.24, 2.45) is 0 Å². The first-order chi connectivity index (χ1) is 12.0. The quantitative estimate of drug-likeness (QED) is 0.575. The van der Waals surface area contributed by atoms with Crippen molar-refractivity contribution >= 4 is 45.4 Å². The van der Waals surface area contributed by atoms with Crippen molar-refractivity contribution in [3.63, 3.8) is 0 Å². The van der Waals surface area contributed by atoms with Crippen LogP contribution in [0.2, 0.25) is 5.02 Å². The Balaban J connectivity index is 1.74. The number of amides is 1. The minimum absolute atomic E-state index is 0.0993. The van der Waals surface area contributed by atoms with Gasteiger partial charge < -0.3 is 0 Å². The van der Waals surface area contributed by atoms with Crippen LogP contribution in [0.1, 0.15) is 11.4 Å². The van der Waals surface area contributed by atoms with E-state index in [0.29, 0.717) is 5.02 Å². The van der Waals surface area contributed by atoms with Crippen LogP contribution >= 0.6 is 39.5 Å². The van der Waals surface area contributed by atoms with Crippen LogP contribution in [0.15, 0.2) is 64.0 Å². The molecule has 25 heavy (non-hydrogen) atoms. The number of para-hydroxylation sites is 1. The first kappa shape index (κ1) is 18.0. The fourth-order valence-electron chi connectivity index (χ4n) is 2.30. The third-order valence-corrected chi connectivity index (χ3v) is 5.62. The van der Waals surface area contributed by atoms with Crippen LogP contribution in [0, 0.1) is 6.92 Å². The molecule has 0 aliphatic heterocycles. The van der Waals surface area contributed by atoms with E-state index in [1.54, 1.807) is 16.8 Å². The van der Waals surface area contributed by atoms with Gasteiger partial charge in [0.2, 0.25) is 5.91 Å². The van der Waals surface area contributed by atoms with Crippen molar-refractivity contribution in [2.45, 2.75) is 18.2 Å². The first-order valence-electron chi connectivity index (χ1n) is 7.55. The number of benzene rings is 2. The van der Waals surface area contributed by atoms with E-state index in [9.17, 15) is 4.79 Å². The lowest BCUT2D eigenvalue weighted by Gasteiger charge is -2.08. The van der Waals surface area contributed by atoms with Crippen molar-refractivity contribution in [2.75, 3.05) is 0 Å². The molecule has 1 amide bonds. The zero-order chi connectivity index (χ0) is 17.8. The molecule has 2 aromatic carbocycles. The van der Waals surface area contributed by atoms with Crippen LogP contribution in [-0.2, 0) is 11.2 Å². The number of nitrogens with zero attached hydrogens (tertiary/aromatic N) is 2. The summed E-state index contributed by atoms with van der Waals surface area (Å²) in [7, 11) is 0. The summed E-state index contributed by atoms with van der Waals surface area (Å²) in [6, 6.07) is 17.1. The molecule has 3 rings (SSSR count). The minimum Gasteiger partial charge on any atom is -0.296 e. The number of hydrogen-bond acceptors (Lipinski definition) is 3. The van der Waals surface area contributed by atoms with Gasteiger partial charge in [0.15, 0.2) is 0 Å². The maximum atomic E-state index is 12.4. The van der Waals surface area contributed by atoms with Crippen LogP contribution < -0.4 is 4.72 Å². The number of nitrogens with one attached hydrogen (secondary N) is 1. The van der Waals surface area contributed by atoms with Crippen LogP contribution in [0.25, 0.3) is 5.69 Å². The summed E-state index contributed by atoms with van der Waals surface area (Å²) in [6.07, 6.45) is 0.219. The average Bonchev–Trinajstić information content (AvgIpc) is 2.90. The first-order valence-corrected chi connectivity index (χ1v) is 9.54. The number of carbonyl (C=O) groups is 1. The molecule has 0 spiro atoms. The van der Waals surface area contributed by atoms with E-state index in [-0.39, 0.29) is 12.3 Å². The highest BCUT2D eigenvalue weighted by atomic mass is 79.9. The van der Waals surface area contributed by atoms with Gasteiger partial charge in [0, 0.05) is 9.92 Å². The van der Waals surface area contributed by atoms with Crippen molar-refractivity contribution in [3.8, 4) is 5.69 Å². The Morgan fingerprint density at radius 1 is 1.20 bits per heavy atom. The highest BCUT2D eigenvalue weighted by Crippen LogP contribution is 2.25. The van der Waals surface area contributed by atoms with Gasteiger partial charge in [-0.05, 0) is 71.2 Å². The van der Waals surface area contributed by atoms with E-state index < -0.39 is 0 Å². The maximum absolute atomic E-state index is 12.4. The van der Waals surface area contributed by atoms with Gasteiger partial charge in [-0.25, -0.2) is 4.68 Å². The predicted octanol–water partition coefficient (Wildman–Crippen LogP) is 4.96. The smallest absolute Gasteiger partial charge is 0.236 e. The molecule has 0 aliphatic rings. The van der Waals surface area contributed by atoms with E-state index in [2.05, 4.69) is 25.8 Å². The van der Waals surface area contributed by atoms with Gasteiger partial charge in [0.1, 0.15) is 0 Å². The standard InChI is InChI=1S/C18H15BrClN3OS/c1-12-18(19)16(23(21-12)14-5-3-2-4-6-14)11-17(24)22-25-15-9-7-13(20)8-10-15/h2-10H,11H2,1H3,(H,22,24). The normalized spacial score (nSPS) is 10.7. The SMILES string of the molecule is Cc1nn(-c2ccccc2)c(CC(=O)NSc2ccc(Cl)cc2)c1Br. The fraction of sp³-hybridized carbons (Fsp3) is 0.111. The Bertz CT molecular complexity index is 881. The zero-order valence-corrected chi connectivity index (χ0v) is 16.5. The molecule has 7 heteroatoms. The topological polar surface area (TPSA) is 46.9 Å². The van der Waals surface area contributed by atoms with Gasteiger partial charge in [-0.15, -0.1) is 0 Å². The molecule has 1 aromatic heterocycles. The zero-order valence-electron chi connectivity index (χ0n) is 13.4. The molecule has 0 saturated heterocycles. The van der Waals surface area contributed by atoms with Crippen molar-refractivity contribution in [1.29, 1.82) is 0 Å². The second-order valence-electron chi connectivity index (χ2n) is 5.35. The molecular formula is C18H15BrClN3OS. The van der Waals surface area contributed by atoms with Crippen molar-refractivity contribution < 1.29 is 4.79 Å². The molecule has 0 fully saturated rings. The van der Waals surface area contributed by atoms with Crippen LogP contribution in [0.3, 0.4) is 0 Å². The van der Waals surface area contributed by atoms with Gasteiger partial charge in [-0.3, -0.25) is 9.52 Å². The maximum Gasteiger partial charge on any atom is 0.236 e. The van der Waals surface area contributed by atoms with E-state index in [1.807, 2.05) is 49.4 Å². The molecule has 1 N–H and O–H groups in total. The average molecular weight is 437 g/mol. The number of halogens is 2. The Labute approximate surface area is 163 Å². The molecule has 0 atom stereocenters. The summed E-state index contributed by atoms with van der Waals surface area (Å²) in [6.45, 7) is 1.91. The third-order valence-electron chi connectivity index (χ3n) is 3.50. The molecule has 128 valence electrons. The second-order valence-corrected chi connectivity index (χ2v) is 7.46. The predicted molar refractivity (Wildman–Crippen MR) is 105 cm³/mol. The fourth-order valence-corrected chi connectivity index (χ4v) is 3.39. The van der Waals surface area contributed by atoms with Gasteiger partial charge in [0.25, 0.3) is 0 Å². The highest BCUT2D eigenvalue weighted by Gasteiger charge is 2.17. The highest BCUT2D eigenvalue weighted by molar-refractivity contribution is 9.10. The second kappa shape index (κ2) is 8.08. The van der Waals surface area contributed by atoms with Crippen LogP contribution in [0.5, 0.6) is 0 Å². The number of carbonyl (C=O) groups excluding carboxylic acids is 1. The summed E-state index contributed by atoms with van der Waals surface area (Å²) in [5.74, 6) is -0.0993. The number of aromatic nitrogens is 2. The summed E-state index contributed by atoms with van der Waals surface area (Å²) in [5, 5.41) is 5.20. The number of rotatable bonds is 5. The summed E-state index contributed by atoms with van der Waals surface area (Å²) >= 11 is 10.7. The lowest BCUT2D eigenvalue weighted by atomic mass is 10.2. The number of hydrogen-bond donors (Lipinski definition) is 1. The van der Waals surface area contributed by atoms with Gasteiger partial charge in [-0.1, -0.05) is 29.8 Å². The Morgan fingerprint density at radius 3 is 2.56 bits per heavy atom. The monoisotopic (exact) mass is 435 g/mol. The summed E-state index contributed by atoms with van der Waals surface area (Å²) in [4.78, 5) is 13.3. The van der Waals surface area contributed by atoms with Gasteiger partial charge in [-0.2, -0.15) is 5.10 Å². The molecular weight excluding hydrogens is 422 g/mol. The van der Waals surface area contributed by atoms with Crippen LogP contribution in [-0.4, -0.2) is 15.7 Å². The number of aryl methyl sites for hydroxylation is 1. The van der Waals surface area contributed by atoms with Crippen molar-refractivity contribution in [3.05, 3.63) is 75.5 Å². The lowest BCUT2D eigenvalue weighted by Crippen LogP contribution is -2.20.